The zero-order valence-electron chi connectivity index (χ0n) is 15.0. The maximum Gasteiger partial charge on any atom is 0.317 e. The van der Waals surface area contributed by atoms with Crippen molar-refractivity contribution in [3.05, 3.63) is 30.3 Å². The molecule has 25 heavy (non-hydrogen) atoms. The lowest BCUT2D eigenvalue weighted by atomic mass is 10.3. The Kier molecular flexibility index (Phi) is 6.53. The van der Waals surface area contributed by atoms with E-state index in [1.54, 1.807) is 0 Å². The van der Waals surface area contributed by atoms with E-state index in [0.717, 1.165) is 45.6 Å². The Morgan fingerprint density at radius 3 is 2.88 bits per heavy atom. The van der Waals surface area contributed by atoms with Crippen molar-refractivity contribution < 1.29 is 14.3 Å². The monoisotopic (exact) mass is 347 g/mol. The molecule has 2 atom stereocenters. The topological polar surface area (TPSA) is 54.0 Å². The maximum absolute atomic E-state index is 12.5. The van der Waals surface area contributed by atoms with Crippen LogP contribution in [0.2, 0.25) is 0 Å². The van der Waals surface area contributed by atoms with E-state index in [1.807, 2.05) is 17.9 Å². The largest absolute Gasteiger partial charge is 0.379 e. The first-order valence-corrected chi connectivity index (χ1v) is 9.27. The second-order valence-electron chi connectivity index (χ2n) is 6.83. The van der Waals surface area contributed by atoms with Crippen molar-refractivity contribution in [2.45, 2.75) is 31.9 Å². The SMILES string of the molecule is C[C@@H](CO[C@@H]1CCOC1)NC(=O)N1CCCN(c2ccccc2)CC1. The molecule has 2 heterocycles. The van der Waals surface area contributed by atoms with Gasteiger partial charge in [-0.05, 0) is 31.9 Å². The number of carbonyl (C=O) groups is 1. The van der Waals surface area contributed by atoms with Crippen LogP contribution in [0.4, 0.5) is 10.5 Å². The molecule has 6 nitrogen and oxygen atoms in total. The van der Waals surface area contributed by atoms with Gasteiger partial charge in [0.1, 0.15) is 0 Å². The van der Waals surface area contributed by atoms with E-state index in [-0.39, 0.29) is 18.2 Å². The van der Waals surface area contributed by atoms with Gasteiger partial charge in [-0.25, -0.2) is 4.79 Å². The molecule has 2 fully saturated rings. The molecule has 2 amide bonds. The lowest BCUT2D eigenvalue weighted by Gasteiger charge is -2.25. The molecule has 1 aromatic rings. The molecule has 0 unspecified atom stereocenters. The van der Waals surface area contributed by atoms with Crippen LogP contribution in [0.15, 0.2) is 30.3 Å². The summed E-state index contributed by atoms with van der Waals surface area (Å²) in [6.07, 6.45) is 2.10. The van der Waals surface area contributed by atoms with Gasteiger partial charge in [-0.15, -0.1) is 0 Å². The van der Waals surface area contributed by atoms with Gasteiger partial charge in [0, 0.05) is 38.5 Å². The fourth-order valence-corrected chi connectivity index (χ4v) is 3.29. The average Bonchev–Trinajstić information content (AvgIpc) is 3.03. The lowest BCUT2D eigenvalue weighted by Crippen LogP contribution is -2.47. The van der Waals surface area contributed by atoms with Crippen LogP contribution in [0.5, 0.6) is 0 Å². The van der Waals surface area contributed by atoms with Gasteiger partial charge in [0.15, 0.2) is 0 Å². The third-order valence-corrected chi connectivity index (χ3v) is 4.74. The molecule has 138 valence electrons. The minimum absolute atomic E-state index is 0.00146. The van der Waals surface area contributed by atoms with Gasteiger partial charge in [-0.2, -0.15) is 0 Å². The molecule has 0 saturated carbocycles. The second kappa shape index (κ2) is 9.06. The number of nitrogens with zero attached hydrogens (tertiary/aromatic N) is 2. The predicted octanol–water partition coefficient (Wildman–Crippen LogP) is 2.10. The number of para-hydroxylation sites is 1. The highest BCUT2D eigenvalue weighted by Gasteiger charge is 2.22. The molecule has 1 N–H and O–H groups in total. The van der Waals surface area contributed by atoms with E-state index in [2.05, 4.69) is 34.5 Å². The number of ether oxygens (including phenoxy) is 2. The van der Waals surface area contributed by atoms with Crippen LogP contribution in [0.1, 0.15) is 19.8 Å². The van der Waals surface area contributed by atoms with E-state index in [0.29, 0.717) is 13.2 Å². The Morgan fingerprint density at radius 2 is 2.12 bits per heavy atom. The van der Waals surface area contributed by atoms with Gasteiger partial charge in [0.05, 0.1) is 25.4 Å². The number of hydrogen-bond donors (Lipinski definition) is 1. The third-order valence-electron chi connectivity index (χ3n) is 4.74. The highest BCUT2D eigenvalue weighted by atomic mass is 16.5. The van der Waals surface area contributed by atoms with Crippen LogP contribution >= 0.6 is 0 Å². The van der Waals surface area contributed by atoms with E-state index < -0.39 is 0 Å². The molecule has 2 aliphatic rings. The van der Waals surface area contributed by atoms with E-state index in [4.69, 9.17) is 9.47 Å². The van der Waals surface area contributed by atoms with Crippen LogP contribution in [0.25, 0.3) is 0 Å². The summed E-state index contributed by atoms with van der Waals surface area (Å²) >= 11 is 0. The van der Waals surface area contributed by atoms with Crippen molar-refractivity contribution in [2.75, 3.05) is 50.9 Å². The minimum Gasteiger partial charge on any atom is -0.379 e. The number of amides is 2. The number of rotatable bonds is 5. The molecule has 0 aromatic heterocycles. The summed E-state index contributed by atoms with van der Waals surface area (Å²) in [5, 5.41) is 3.06. The van der Waals surface area contributed by atoms with Crippen LogP contribution in [0.3, 0.4) is 0 Å². The maximum atomic E-state index is 12.5. The lowest BCUT2D eigenvalue weighted by molar-refractivity contribution is 0.0331. The van der Waals surface area contributed by atoms with Crippen molar-refractivity contribution in [3.63, 3.8) is 0 Å². The molecule has 0 radical (unpaired) electrons. The first-order valence-electron chi connectivity index (χ1n) is 9.27. The molecule has 2 aliphatic heterocycles. The Balaban J connectivity index is 1.42. The predicted molar refractivity (Wildman–Crippen MR) is 98.0 cm³/mol. The number of carbonyl (C=O) groups excluding carboxylic acids is 1. The molecule has 0 spiro atoms. The molecule has 6 heteroatoms. The van der Waals surface area contributed by atoms with Crippen molar-refractivity contribution in [2.24, 2.45) is 0 Å². The summed E-state index contributed by atoms with van der Waals surface area (Å²) < 4.78 is 11.1. The fraction of sp³-hybridized carbons (Fsp3) is 0.632. The molecule has 0 aliphatic carbocycles. The van der Waals surface area contributed by atoms with Crippen molar-refractivity contribution >= 4 is 11.7 Å². The van der Waals surface area contributed by atoms with Crippen molar-refractivity contribution in [1.29, 1.82) is 0 Å². The summed E-state index contributed by atoms with van der Waals surface area (Å²) in [5.74, 6) is 0. The van der Waals surface area contributed by atoms with Gasteiger partial charge in [-0.3, -0.25) is 0 Å². The average molecular weight is 347 g/mol. The first kappa shape index (κ1) is 18.0. The van der Waals surface area contributed by atoms with Gasteiger partial charge in [0.25, 0.3) is 0 Å². The fourth-order valence-electron chi connectivity index (χ4n) is 3.29. The van der Waals surface area contributed by atoms with Crippen molar-refractivity contribution in [1.82, 2.24) is 10.2 Å². The summed E-state index contributed by atoms with van der Waals surface area (Å²) in [5.41, 5.74) is 1.23. The summed E-state index contributed by atoms with van der Waals surface area (Å²) in [4.78, 5) is 16.8. The van der Waals surface area contributed by atoms with Gasteiger partial charge in [-0.1, -0.05) is 18.2 Å². The molecule has 3 rings (SSSR count). The molecule has 0 bridgehead atoms. The van der Waals surface area contributed by atoms with Gasteiger partial charge < -0.3 is 24.6 Å². The van der Waals surface area contributed by atoms with E-state index in [1.165, 1.54) is 5.69 Å². The summed E-state index contributed by atoms with van der Waals surface area (Å²) in [6, 6.07) is 10.4. The zero-order valence-corrected chi connectivity index (χ0v) is 15.0. The number of urea groups is 1. The normalized spacial score (nSPS) is 22.5. The highest BCUT2D eigenvalue weighted by Crippen LogP contribution is 2.16. The standard InChI is InChI=1S/C19H29N3O3/c1-16(14-25-18-8-13-24-15-18)20-19(23)22-10-5-9-21(11-12-22)17-6-3-2-4-7-17/h2-4,6-7,16,18H,5,8-15H2,1H3,(H,20,23)/t16-,18+/m0/s1. The minimum atomic E-state index is 0.00146. The molecular weight excluding hydrogens is 318 g/mol. The highest BCUT2D eigenvalue weighted by molar-refractivity contribution is 5.74. The Hall–Kier alpha value is -1.79. The molecule has 1 aromatic carbocycles. The number of hydrogen-bond acceptors (Lipinski definition) is 4. The summed E-state index contributed by atoms with van der Waals surface area (Å²) in [7, 11) is 0. The Labute approximate surface area is 150 Å². The number of nitrogens with one attached hydrogen (secondary N) is 1. The third kappa shape index (κ3) is 5.34. The molecule has 2 saturated heterocycles. The van der Waals surface area contributed by atoms with Gasteiger partial charge >= 0.3 is 6.03 Å². The van der Waals surface area contributed by atoms with Gasteiger partial charge in [0.2, 0.25) is 0 Å². The number of benzene rings is 1. The Bertz CT molecular complexity index is 534. The van der Waals surface area contributed by atoms with Crippen molar-refractivity contribution in [3.8, 4) is 0 Å². The first-order chi connectivity index (χ1) is 12.2. The van der Waals surface area contributed by atoms with Crippen LogP contribution in [-0.4, -0.2) is 69.1 Å². The quantitative estimate of drug-likeness (QED) is 0.886. The van der Waals surface area contributed by atoms with Crippen LogP contribution < -0.4 is 10.2 Å². The second-order valence-corrected chi connectivity index (χ2v) is 6.83. The Morgan fingerprint density at radius 1 is 1.28 bits per heavy atom. The number of anilines is 1. The van der Waals surface area contributed by atoms with E-state index in [9.17, 15) is 4.79 Å². The smallest absolute Gasteiger partial charge is 0.317 e. The molecular formula is C19H29N3O3. The zero-order chi connectivity index (χ0) is 17.5. The summed E-state index contributed by atoms with van der Waals surface area (Å²) in [6.45, 7) is 7.34. The van der Waals surface area contributed by atoms with E-state index >= 15 is 0 Å². The van der Waals surface area contributed by atoms with Crippen LogP contribution in [-0.2, 0) is 9.47 Å². The van der Waals surface area contributed by atoms with Crippen LogP contribution in [0, 0.1) is 0 Å².